The fourth-order valence-electron chi connectivity index (χ4n) is 3.31. The zero-order valence-electron chi connectivity index (χ0n) is 17.5. The van der Waals surface area contributed by atoms with Crippen LogP contribution in [0.5, 0.6) is 11.5 Å². The van der Waals surface area contributed by atoms with Gasteiger partial charge in [0, 0.05) is 13.1 Å². The number of nitrogens with one attached hydrogen (secondary N) is 2. The highest BCUT2D eigenvalue weighted by atomic mass is 16.6. The first kappa shape index (κ1) is 21.0. The van der Waals surface area contributed by atoms with Crippen LogP contribution < -0.4 is 20.1 Å². The van der Waals surface area contributed by atoms with Gasteiger partial charge in [-0.25, -0.2) is 4.79 Å². The Bertz CT molecular complexity index is 804. The van der Waals surface area contributed by atoms with Gasteiger partial charge in [-0.15, -0.1) is 0 Å². The van der Waals surface area contributed by atoms with Crippen molar-refractivity contribution in [3.8, 4) is 11.5 Å². The third-order valence-electron chi connectivity index (χ3n) is 5.19. The summed E-state index contributed by atoms with van der Waals surface area (Å²) >= 11 is 0. The van der Waals surface area contributed by atoms with E-state index in [1.165, 1.54) is 5.56 Å². The molecular weight excluding hydrogens is 366 g/mol. The molecule has 0 saturated carbocycles. The summed E-state index contributed by atoms with van der Waals surface area (Å²) in [7, 11) is 0. The molecule has 1 heterocycles. The number of hydrogen-bond donors (Lipinski definition) is 2. The molecule has 0 fully saturated rings. The van der Waals surface area contributed by atoms with Crippen molar-refractivity contribution in [2.75, 3.05) is 26.3 Å². The van der Waals surface area contributed by atoms with Crippen LogP contribution in [0.15, 0.2) is 42.5 Å². The van der Waals surface area contributed by atoms with Crippen molar-refractivity contribution in [3.63, 3.8) is 0 Å². The van der Waals surface area contributed by atoms with Gasteiger partial charge >= 0.3 is 6.03 Å². The number of hydrogen-bond acceptors (Lipinski definition) is 4. The summed E-state index contributed by atoms with van der Waals surface area (Å²) in [5, 5.41) is 5.90. The zero-order chi connectivity index (χ0) is 20.6. The van der Waals surface area contributed by atoms with Crippen LogP contribution in [0.25, 0.3) is 0 Å². The van der Waals surface area contributed by atoms with E-state index in [2.05, 4.69) is 53.6 Å². The van der Waals surface area contributed by atoms with Gasteiger partial charge in [-0.2, -0.15) is 0 Å². The van der Waals surface area contributed by atoms with Crippen LogP contribution >= 0.6 is 0 Å². The lowest BCUT2D eigenvalue weighted by Gasteiger charge is -2.21. The molecule has 0 bridgehead atoms. The van der Waals surface area contributed by atoms with Gasteiger partial charge < -0.3 is 20.1 Å². The molecular formula is C23H31N3O3. The molecule has 2 amide bonds. The molecule has 2 aromatic carbocycles. The van der Waals surface area contributed by atoms with E-state index in [4.69, 9.17) is 9.47 Å². The van der Waals surface area contributed by atoms with Crippen LogP contribution in [0.2, 0.25) is 0 Å². The van der Waals surface area contributed by atoms with Crippen molar-refractivity contribution in [1.82, 2.24) is 15.5 Å². The molecule has 1 aliphatic rings. The molecule has 6 heteroatoms. The first-order valence-electron chi connectivity index (χ1n) is 10.3. The molecule has 29 heavy (non-hydrogen) atoms. The second kappa shape index (κ2) is 10.2. The molecule has 2 N–H and O–H groups in total. The maximum absolute atomic E-state index is 12.3. The van der Waals surface area contributed by atoms with Crippen molar-refractivity contribution in [2.45, 2.75) is 39.9 Å². The normalized spacial score (nSPS) is 13.8. The summed E-state index contributed by atoms with van der Waals surface area (Å²) < 4.78 is 11.2. The predicted molar refractivity (Wildman–Crippen MR) is 114 cm³/mol. The number of rotatable bonds is 8. The monoisotopic (exact) mass is 397 g/mol. The van der Waals surface area contributed by atoms with Gasteiger partial charge in [0.05, 0.1) is 6.04 Å². The predicted octanol–water partition coefficient (Wildman–Crippen LogP) is 3.86. The van der Waals surface area contributed by atoms with Crippen LogP contribution in [-0.4, -0.2) is 37.2 Å². The van der Waals surface area contributed by atoms with Crippen molar-refractivity contribution in [3.05, 3.63) is 59.2 Å². The molecule has 0 aromatic heterocycles. The van der Waals surface area contributed by atoms with E-state index >= 15 is 0 Å². The van der Waals surface area contributed by atoms with Crippen LogP contribution in [0.4, 0.5) is 4.79 Å². The van der Waals surface area contributed by atoms with E-state index in [-0.39, 0.29) is 12.1 Å². The Morgan fingerprint density at radius 3 is 2.34 bits per heavy atom. The Hall–Kier alpha value is -2.73. The van der Waals surface area contributed by atoms with Crippen LogP contribution in [0, 0.1) is 0 Å². The average Bonchev–Trinajstić information content (AvgIpc) is 2.76. The first-order chi connectivity index (χ1) is 14.1. The number of benzene rings is 2. The van der Waals surface area contributed by atoms with Gasteiger partial charge in [0.2, 0.25) is 0 Å². The largest absolute Gasteiger partial charge is 0.486 e. The minimum atomic E-state index is -0.195. The summed E-state index contributed by atoms with van der Waals surface area (Å²) in [6, 6.07) is 13.8. The van der Waals surface area contributed by atoms with Gasteiger partial charge in [-0.3, -0.25) is 4.90 Å². The SMILES string of the molecule is CCN(CC)Cc1ccc(CNC(=O)NC(C)c2ccc3c(c2)OCCO3)cc1. The van der Waals surface area contributed by atoms with E-state index in [9.17, 15) is 4.79 Å². The zero-order valence-corrected chi connectivity index (χ0v) is 17.5. The van der Waals surface area contributed by atoms with Gasteiger partial charge in [0.15, 0.2) is 11.5 Å². The van der Waals surface area contributed by atoms with E-state index in [0.717, 1.165) is 42.3 Å². The lowest BCUT2D eigenvalue weighted by atomic mass is 10.1. The number of nitrogens with zero attached hydrogens (tertiary/aromatic N) is 1. The van der Waals surface area contributed by atoms with Gasteiger partial charge in [-0.05, 0) is 48.8 Å². The highest BCUT2D eigenvalue weighted by Gasteiger charge is 2.15. The molecule has 0 saturated heterocycles. The van der Waals surface area contributed by atoms with Crippen LogP contribution in [0.1, 0.15) is 43.5 Å². The fourth-order valence-corrected chi connectivity index (χ4v) is 3.31. The number of urea groups is 1. The van der Waals surface area contributed by atoms with Gasteiger partial charge in [0.1, 0.15) is 13.2 Å². The number of carbonyl (C=O) groups is 1. The van der Waals surface area contributed by atoms with E-state index in [1.807, 2.05) is 25.1 Å². The molecule has 6 nitrogen and oxygen atoms in total. The molecule has 3 rings (SSSR count). The molecule has 0 aliphatic carbocycles. The molecule has 2 aromatic rings. The highest BCUT2D eigenvalue weighted by Crippen LogP contribution is 2.32. The minimum absolute atomic E-state index is 0.137. The summed E-state index contributed by atoms with van der Waals surface area (Å²) in [5.41, 5.74) is 3.34. The molecule has 0 radical (unpaired) electrons. The molecule has 0 spiro atoms. The maximum Gasteiger partial charge on any atom is 0.315 e. The van der Waals surface area contributed by atoms with Crippen LogP contribution in [-0.2, 0) is 13.1 Å². The summed E-state index contributed by atoms with van der Waals surface area (Å²) in [4.78, 5) is 14.7. The van der Waals surface area contributed by atoms with Crippen molar-refractivity contribution >= 4 is 6.03 Å². The average molecular weight is 398 g/mol. The Morgan fingerprint density at radius 2 is 1.66 bits per heavy atom. The first-order valence-corrected chi connectivity index (χ1v) is 10.3. The maximum atomic E-state index is 12.3. The Balaban J connectivity index is 1.48. The Kier molecular flexibility index (Phi) is 7.36. The molecule has 1 unspecified atom stereocenters. The third kappa shape index (κ3) is 5.87. The summed E-state index contributed by atoms with van der Waals surface area (Å²) in [6.07, 6.45) is 0. The second-order valence-electron chi connectivity index (χ2n) is 7.23. The summed E-state index contributed by atoms with van der Waals surface area (Å²) in [5.74, 6) is 1.48. The van der Waals surface area contributed by atoms with Gasteiger partial charge in [0.25, 0.3) is 0 Å². The van der Waals surface area contributed by atoms with E-state index < -0.39 is 0 Å². The molecule has 156 valence electrons. The fraction of sp³-hybridized carbons (Fsp3) is 0.435. The second-order valence-corrected chi connectivity index (χ2v) is 7.23. The smallest absolute Gasteiger partial charge is 0.315 e. The van der Waals surface area contributed by atoms with Gasteiger partial charge in [-0.1, -0.05) is 44.2 Å². The van der Waals surface area contributed by atoms with Crippen molar-refractivity contribution in [2.24, 2.45) is 0 Å². The molecule has 1 aliphatic heterocycles. The Morgan fingerprint density at radius 1 is 1.00 bits per heavy atom. The topological polar surface area (TPSA) is 62.8 Å². The van der Waals surface area contributed by atoms with Crippen LogP contribution in [0.3, 0.4) is 0 Å². The quantitative estimate of drug-likeness (QED) is 0.710. The Labute approximate surface area is 173 Å². The number of fused-ring (bicyclic) bond motifs is 1. The van der Waals surface area contributed by atoms with E-state index in [1.54, 1.807) is 0 Å². The molecule has 1 atom stereocenters. The number of amides is 2. The standard InChI is InChI=1S/C23H31N3O3/c1-4-26(5-2)16-19-8-6-18(7-9-19)15-24-23(27)25-17(3)20-10-11-21-22(14-20)29-13-12-28-21/h6-11,14,17H,4-5,12-13,15-16H2,1-3H3,(H2,24,25,27). The lowest BCUT2D eigenvalue weighted by Crippen LogP contribution is -2.36. The van der Waals surface area contributed by atoms with Crippen molar-refractivity contribution < 1.29 is 14.3 Å². The minimum Gasteiger partial charge on any atom is -0.486 e. The third-order valence-corrected chi connectivity index (χ3v) is 5.19. The lowest BCUT2D eigenvalue weighted by molar-refractivity contribution is 0.171. The van der Waals surface area contributed by atoms with Crippen molar-refractivity contribution in [1.29, 1.82) is 0 Å². The number of carbonyl (C=O) groups excluding carboxylic acids is 1. The highest BCUT2D eigenvalue weighted by molar-refractivity contribution is 5.74. The number of ether oxygens (including phenoxy) is 2. The summed E-state index contributed by atoms with van der Waals surface area (Å²) in [6.45, 7) is 10.9. The van der Waals surface area contributed by atoms with E-state index in [0.29, 0.717) is 19.8 Å².